The summed E-state index contributed by atoms with van der Waals surface area (Å²) in [5.74, 6) is -0.148. The molecule has 0 unspecified atom stereocenters. The molecule has 1 aromatic heterocycles. The largest absolute Gasteiger partial charge is 0.390 e. The topological polar surface area (TPSA) is 113 Å². The zero-order valence-electron chi connectivity index (χ0n) is 18.7. The van der Waals surface area contributed by atoms with Gasteiger partial charge >= 0.3 is 5.69 Å². The lowest BCUT2D eigenvalue weighted by Crippen LogP contribution is -2.38. The van der Waals surface area contributed by atoms with Gasteiger partial charge in [0.25, 0.3) is 5.56 Å². The smallest absolute Gasteiger partial charge is 0.330 e. The van der Waals surface area contributed by atoms with Crippen LogP contribution in [0.3, 0.4) is 0 Å². The number of aliphatic hydroxyl groups excluding tert-OH is 1. The van der Waals surface area contributed by atoms with Gasteiger partial charge in [-0.3, -0.25) is 19.1 Å². The number of H-pyrrole nitrogens is 1. The highest BCUT2D eigenvalue weighted by Crippen LogP contribution is 2.27. The number of aromatic nitrogens is 2. The summed E-state index contributed by atoms with van der Waals surface area (Å²) in [7, 11) is 0. The molecule has 0 spiro atoms. The van der Waals surface area contributed by atoms with Gasteiger partial charge in [0, 0.05) is 24.7 Å². The SMILES string of the molecule is CCc1cn([C@H]2C[C@H](O)[C@@H](CNC(=O)Cc3c(C)c(C)cc(C)c3C)O2)c(=O)[nH]c1=O. The van der Waals surface area contributed by atoms with Crippen molar-refractivity contribution >= 4 is 5.91 Å². The van der Waals surface area contributed by atoms with Gasteiger partial charge in [-0.25, -0.2) is 4.79 Å². The second-order valence-corrected chi connectivity index (χ2v) is 8.33. The first-order chi connectivity index (χ1) is 14.6. The summed E-state index contributed by atoms with van der Waals surface area (Å²) < 4.78 is 7.14. The molecule has 8 nitrogen and oxygen atoms in total. The summed E-state index contributed by atoms with van der Waals surface area (Å²) in [5, 5.41) is 13.2. The van der Waals surface area contributed by atoms with E-state index in [2.05, 4.69) is 16.4 Å². The molecule has 1 aliphatic rings. The van der Waals surface area contributed by atoms with Crippen molar-refractivity contribution in [3.05, 3.63) is 66.5 Å². The van der Waals surface area contributed by atoms with E-state index < -0.39 is 29.7 Å². The quantitative estimate of drug-likeness (QED) is 0.641. The fourth-order valence-corrected chi connectivity index (χ4v) is 4.06. The number of aromatic amines is 1. The molecule has 2 aromatic rings. The number of hydrogen-bond donors (Lipinski definition) is 3. The first-order valence-electron chi connectivity index (χ1n) is 10.6. The summed E-state index contributed by atoms with van der Waals surface area (Å²) in [4.78, 5) is 38.8. The fraction of sp³-hybridized carbons (Fsp3) is 0.522. The van der Waals surface area contributed by atoms with Crippen molar-refractivity contribution in [2.75, 3.05) is 6.54 Å². The van der Waals surface area contributed by atoms with Crippen LogP contribution in [0, 0.1) is 27.7 Å². The Hall–Kier alpha value is -2.71. The van der Waals surface area contributed by atoms with Crippen LogP contribution in [0.4, 0.5) is 0 Å². The van der Waals surface area contributed by atoms with Gasteiger partial charge in [0.15, 0.2) is 0 Å². The molecule has 3 rings (SSSR count). The van der Waals surface area contributed by atoms with Crippen LogP contribution in [0.2, 0.25) is 0 Å². The minimum Gasteiger partial charge on any atom is -0.390 e. The normalized spacial score (nSPS) is 20.8. The standard InChI is InChI=1S/C23H31N3O5/c1-6-16-11-26(23(30)25-22(16)29)21-9-18(27)19(31-21)10-24-20(28)8-17-14(4)12(2)7-13(3)15(17)5/h7,11,18-19,21,27H,6,8-10H2,1-5H3,(H,24,28)(H,25,29,30)/t18-,19+,21+/m0/s1. The fourth-order valence-electron chi connectivity index (χ4n) is 4.06. The van der Waals surface area contributed by atoms with Gasteiger partial charge in [-0.15, -0.1) is 0 Å². The van der Waals surface area contributed by atoms with Crippen molar-refractivity contribution in [1.29, 1.82) is 0 Å². The Morgan fingerprint density at radius 3 is 2.48 bits per heavy atom. The molecule has 3 N–H and O–H groups in total. The summed E-state index contributed by atoms with van der Waals surface area (Å²) in [6.45, 7) is 10.1. The summed E-state index contributed by atoms with van der Waals surface area (Å²) in [6.07, 6.45) is 0.234. The molecule has 1 aliphatic heterocycles. The van der Waals surface area contributed by atoms with Crippen LogP contribution in [-0.2, 0) is 22.4 Å². The van der Waals surface area contributed by atoms with Gasteiger partial charge in [0.05, 0.1) is 12.5 Å². The molecule has 1 fully saturated rings. The third kappa shape index (κ3) is 4.80. The molecule has 168 valence electrons. The summed E-state index contributed by atoms with van der Waals surface area (Å²) in [5.41, 5.74) is 5.02. The van der Waals surface area contributed by atoms with E-state index in [1.54, 1.807) is 0 Å². The second kappa shape index (κ2) is 9.20. The molecule has 3 atom stereocenters. The number of carbonyl (C=O) groups is 1. The minimum absolute atomic E-state index is 0.137. The predicted molar refractivity (Wildman–Crippen MR) is 117 cm³/mol. The number of hydrogen-bond acceptors (Lipinski definition) is 5. The number of nitrogens with one attached hydrogen (secondary N) is 2. The van der Waals surface area contributed by atoms with Crippen molar-refractivity contribution in [3.8, 4) is 0 Å². The highest BCUT2D eigenvalue weighted by molar-refractivity contribution is 5.79. The van der Waals surface area contributed by atoms with E-state index in [0.29, 0.717) is 12.0 Å². The molecule has 0 radical (unpaired) electrons. The average molecular weight is 430 g/mol. The van der Waals surface area contributed by atoms with Gasteiger partial charge in [-0.1, -0.05) is 13.0 Å². The van der Waals surface area contributed by atoms with Crippen LogP contribution < -0.4 is 16.6 Å². The van der Waals surface area contributed by atoms with Crippen LogP contribution in [0.1, 0.15) is 53.0 Å². The number of nitrogens with zero attached hydrogens (tertiary/aromatic N) is 1. The lowest BCUT2D eigenvalue weighted by molar-refractivity contribution is -0.121. The van der Waals surface area contributed by atoms with E-state index in [1.165, 1.54) is 10.8 Å². The first-order valence-corrected chi connectivity index (χ1v) is 10.6. The van der Waals surface area contributed by atoms with Gasteiger partial charge in [0.1, 0.15) is 12.3 Å². The lowest BCUT2D eigenvalue weighted by atomic mass is 9.92. The van der Waals surface area contributed by atoms with Gasteiger partial charge < -0.3 is 15.2 Å². The molecule has 1 aromatic carbocycles. The number of carbonyl (C=O) groups excluding carboxylic acids is 1. The molecule has 0 saturated carbocycles. The summed E-state index contributed by atoms with van der Waals surface area (Å²) >= 11 is 0. The average Bonchev–Trinajstić information content (AvgIpc) is 3.08. The Bertz CT molecular complexity index is 1080. The molecule has 1 amide bonds. The minimum atomic E-state index is -0.834. The van der Waals surface area contributed by atoms with E-state index in [0.717, 1.165) is 27.8 Å². The van der Waals surface area contributed by atoms with Crippen LogP contribution in [0.25, 0.3) is 0 Å². The highest BCUT2D eigenvalue weighted by Gasteiger charge is 2.35. The van der Waals surface area contributed by atoms with Crippen LogP contribution in [0.5, 0.6) is 0 Å². The van der Waals surface area contributed by atoms with Crippen LogP contribution in [-0.4, -0.2) is 39.3 Å². The molecule has 0 bridgehead atoms. The number of ether oxygens (including phenoxy) is 1. The number of aryl methyl sites for hydroxylation is 3. The maximum absolute atomic E-state index is 12.6. The Kier molecular flexibility index (Phi) is 6.81. The Balaban J connectivity index is 1.66. The second-order valence-electron chi connectivity index (χ2n) is 8.33. The Morgan fingerprint density at radius 1 is 1.23 bits per heavy atom. The van der Waals surface area contributed by atoms with Gasteiger partial charge in [0.2, 0.25) is 5.91 Å². The number of benzene rings is 1. The third-order valence-corrected chi connectivity index (χ3v) is 6.30. The predicted octanol–water partition coefficient (Wildman–Crippen LogP) is 1.34. The first kappa shape index (κ1) is 23.0. The number of amides is 1. The highest BCUT2D eigenvalue weighted by atomic mass is 16.5. The molecule has 31 heavy (non-hydrogen) atoms. The van der Waals surface area contributed by atoms with Crippen molar-refractivity contribution < 1.29 is 14.6 Å². The van der Waals surface area contributed by atoms with Gasteiger partial charge in [-0.2, -0.15) is 0 Å². The van der Waals surface area contributed by atoms with Crippen molar-refractivity contribution in [1.82, 2.24) is 14.9 Å². The van der Waals surface area contributed by atoms with Crippen molar-refractivity contribution in [3.63, 3.8) is 0 Å². The summed E-state index contributed by atoms with van der Waals surface area (Å²) in [6, 6.07) is 2.12. The van der Waals surface area contributed by atoms with Crippen LogP contribution in [0.15, 0.2) is 21.9 Å². The maximum Gasteiger partial charge on any atom is 0.330 e. The molecule has 2 heterocycles. The molecule has 1 saturated heterocycles. The van der Waals surface area contributed by atoms with Crippen molar-refractivity contribution in [2.45, 2.75) is 72.3 Å². The third-order valence-electron chi connectivity index (χ3n) is 6.30. The van der Waals surface area contributed by atoms with Crippen LogP contribution >= 0.6 is 0 Å². The van der Waals surface area contributed by atoms with E-state index in [9.17, 15) is 19.5 Å². The lowest BCUT2D eigenvalue weighted by Gasteiger charge is -2.18. The number of aliphatic hydroxyl groups is 1. The van der Waals surface area contributed by atoms with E-state index >= 15 is 0 Å². The Labute approximate surface area is 181 Å². The monoisotopic (exact) mass is 429 g/mol. The van der Waals surface area contributed by atoms with Gasteiger partial charge in [-0.05, 0) is 61.9 Å². The molecule has 8 heteroatoms. The van der Waals surface area contributed by atoms with E-state index in [-0.39, 0.29) is 25.3 Å². The zero-order chi connectivity index (χ0) is 22.9. The molecular weight excluding hydrogens is 398 g/mol. The number of rotatable bonds is 6. The molecule has 0 aliphatic carbocycles. The van der Waals surface area contributed by atoms with Crippen molar-refractivity contribution in [2.24, 2.45) is 0 Å². The Morgan fingerprint density at radius 2 is 1.87 bits per heavy atom. The maximum atomic E-state index is 12.6. The van der Waals surface area contributed by atoms with E-state index in [1.807, 2.05) is 34.6 Å². The molecular formula is C23H31N3O5. The van der Waals surface area contributed by atoms with E-state index in [4.69, 9.17) is 4.74 Å². The zero-order valence-corrected chi connectivity index (χ0v) is 18.7.